The van der Waals surface area contributed by atoms with Crippen molar-refractivity contribution in [2.45, 2.75) is 5.88 Å². The van der Waals surface area contributed by atoms with Crippen molar-refractivity contribution in [1.29, 1.82) is 0 Å². The van der Waals surface area contributed by atoms with Gasteiger partial charge in [0.15, 0.2) is 0 Å². The van der Waals surface area contributed by atoms with Gasteiger partial charge in [0, 0.05) is 6.20 Å². The second-order valence-corrected chi connectivity index (χ2v) is 2.97. The van der Waals surface area contributed by atoms with Crippen molar-refractivity contribution in [3.63, 3.8) is 0 Å². The molecule has 0 spiro atoms. The lowest BCUT2D eigenvalue weighted by Crippen LogP contribution is -1.86. The van der Waals surface area contributed by atoms with E-state index >= 15 is 0 Å². The molecular weight excluding hydrogens is 188 g/mol. The Morgan fingerprint density at radius 1 is 1.46 bits per heavy atom. The van der Waals surface area contributed by atoms with Gasteiger partial charge < -0.3 is 9.14 Å². The summed E-state index contributed by atoms with van der Waals surface area (Å²) in [5.74, 6) is 1.25. The highest BCUT2D eigenvalue weighted by Crippen LogP contribution is 2.13. The molecule has 0 aliphatic carbocycles. The van der Waals surface area contributed by atoms with Crippen molar-refractivity contribution >= 4 is 17.2 Å². The highest BCUT2D eigenvalue weighted by atomic mass is 35.5. The first kappa shape index (κ1) is 8.38. The van der Waals surface area contributed by atoms with E-state index < -0.39 is 0 Å². The number of nitrogens with zero attached hydrogens (tertiary/aromatic N) is 2. The number of methoxy groups -OCH3 is 1. The number of rotatable bonds is 2. The van der Waals surface area contributed by atoms with E-state index in [1.165, 1.54) is 0 Å². The first-order chi connectivity index (χ1) is 6.33. The van der Waals surface area contributed by atoms with Crippen molar-refractivity contribution in [1.82, 2.24) is 9.38 Å². The van der Waals surface area contributed by atoms with Gasteiger partial charge in [0.2, 0.25) is 0 Å². The third-order valence-electron chi connectivity index (χ3n) is 1.85. The zero-order valence-corrected chi connectivity index (χ0v) is 7.95. The molecule has 0 unspecified atom stereocenters. The highest BCUT2D eigenvalue weighted by molar-refractivity contribution is 6.16. The number of pyridine rings is 1. The molecule has 0 bridgehead atoms. The summed E-state index contributed by atoms with van der Waals surface area (Å²) in [6, 6.07) is 3.77. The van der Waals surface area contributed by atoms with E-state index in [9.17, 15) is 0 Å². The lowest BCUT2D eigenvalue weighted by atomic mass is 10.4. The average molecular weight is 197 g/mol. The minimum atomic E-state index is 0.435. The number of halogens is 1. The molecule has 0 saturated heterocycles. The minimum absolute atomic E-state index is 0.435. The lowest BCUT2D eigenvalue weighted by molar-refractivity contribution is 0.412. The summed E-state index contributed by atoms with van der Waals surface area (Å²) in [6.45, 7) is 0. The molecule has 2 heterocycles. The van der Waals surface area contributed by atoms with Crippen LogP contribution in [0.5, 0.6) is 5.75 Å². The summed E-state index contributed by atoms with van der Waals surface area (Å²) >= 11 is 5.66. The van der Waals surface area contributed by atoms with Crippen LogP contribution in [-0.2, 0) is 5.88 Å². The molecule has 68 valence electrons. The van der Waals surface area contributed by atoms with E-state index in [0.717, 1.165) is 17.1 Å². The number of hydrogen-bond donors (Lipinski definition) is 0. The molecule has 0 aromatic carbocycles. The molecule has 3 nitrogen and oxygen atoms in total. The summed E-state index contributed by atoms with van der Waals surface area (Å²) in [6.07, 6.45) is 3.77. The quantitative estimate of drug-likeness (QED) is 0.688. The third-order valence-corrected chi connectivity index (χ3v) is 2.12. The van der Waals surface area contributed by atoms with Gasteiger partial charge in [0.25, 0.3) is 0 Å². The number of aromatic nitrogens is 2. The number of ether oxygens (including phenoxy) is 1. The zero-order chi connectivity index (χ0) is 9.26. The molecule has 4 heteroatoms. The van der Waals surface area contributed by atoms with Gasteiger partial charge in [0.05, 0.1) is 24.9 Å². The second-order valence-electron chi connectivity index (χ2n) is 2.70. The molecule has 13 heavy (non-hydrogen) atoms. The van der Waals surface area contributed by atoms with Crippen LogP contribution in [0.25, 0.3) is 5.65 Å². The Morgan fingerprint density at radius 2 is 2.31 bits per heavy atom. The molecule has 0 fully saturated rings. The van der Waals surface area contributed by atoms with Gasteiger partial charge in [-0.05, 0) is 12.1 Å². The van der Waals surface area contributed by atoms with Crippen LogP contribution < -0.4 is 4.74 Å². The van der Waals surface area contributed by atoms with Crippen LogP contribution in [0.3, 0.4) is 0 Å². The number of imidazole rings is 1. The van der Waals surface area contributed by atoms with Gasteiger partial charge in [-0.25, -0.2) is 4.98 Å². The van der Waals surface area contributed by atoms with Crippen LogP contribution >= 0.6 is 11.6 Å². The Kier molecular flexibility index (Phi) is 2.10. The topological polar surface area (TPSA) is 26.5 Å². The van der Waals surface area contributed by atoms with E-state index in [-0.39, 0.29) is 0 Å². The standard InChI is InChI=1S/C9H9ClN2O/c1-13-8-2-3-9-11-7(4-10)5-12(9)6-8/h2-3,5-6H,4H2,1H3. The summed E-state index contributed by atoms with van der Waals surface area (Å²) in [5.41, 5.74) is 1.76. The Labute approximate surface area is 80.9 Å². The number of alkyl halides is 1. The van der Waals surface area contributed by atoms with Gasteiger partial charge in [-0.2, -0.15) is 0 Å². The molecule has 0 aliphatic heterocycles. The molecule has 0 radical (unpaired) electrons. The largest absolute Gasteiger partial charge is 0.495 e. The van der Waals surface area contributed by atoms with Crippen molar-refractivity contribution in [3.8, 4) is 5.75 Å². The van der Waals surface area contributed by atoms with Crippen LogP contribution in [0.4, 0.5) is 0 Å². The van der Waals surface area contributed by atoms with Gasteiger partial charge in [-0.15, -0.1) is 11.6 Å². The number of fused-ring (bicyclic) bond motifs is 1. The van der Waals surface area contributed by atoms with Gasteiger partial charge in [-0.1, -0.05) is 0 Å². The van der Waals surface area contributed by atoms with Crippen LogP contribution in [-0.4, -0.2) is 16.5 Å². The van der Waals surface area contributed by atoms with E-state index in [1.807, 2.05) is 28.9 Å². The average Bonchev–Trinajstić information content (AvgIpc) is 2.58. The van der Waals surface area contributed by atoms with Crippen molar-refractivity contribution < 1.29 is 4.74 Å². The van der Waals surface area contributed by atoms with Crippen LogP contribution in [0.1, 0.15) is 5.69 Å². The highest BCUT2D eigenvalue weighted by Gasteiger charge is 2.00. The van der Waals surface area contributed by atoms with E-state index in [2.05, 4.69) is 4.98 Å². The van der Waals surface area contributed by atoms with Gasteiger partial charge >= 0.3 is 0 Å². The fraction of sp³-hybridized carbons (Fsp3) is 0.222. The maximum absolute atomic E-state index is 5.66. The van der Waals surface area contributed by atoms with E-state index in [4.69, 9.17) is 16.3 Å². The summed E-state index contributed by atoms with van der Waals surface area (Å²) < 4.78 is 6.98. The molecule has 2 aromatic heterocycles. The zero-order valence-electron chi connectivity index (χ0n) is 7.20. The lowest BCUT2D eigenvalue weighted by Gasteiger charge is -1.98. The van der Waals surface area contributed by atoms with E-state index in [1.54, 1.807) is 7.11 Å². The predicted molar refractivity (Wildman–Crippen MR) is 51.3 cm³/mol. The molecule has 0 N–H and O–H groups in total. The molecule has 0 aliphatic rings. The smallest absolute Gasteiger partial charge is 0.137 e. The summed E-state index contributed by atoms with van der Waals surface area (Å²) in [4.78, 5) is 4.28. The fourth-order valence-electron chi connectivity index (χ4n) is 1.21. The van der Waals surface area contributed by atoms with Crippen molar-refractivity contribution in [2.24, 2.45) is 0 Å². The third kappa shape index (κ3) is 1.47. The normalized spacial score (nSPS) is 10.6. The molecule has 0 saturated carbocycles. The minimum Gasteiger partial charge on any atom is -0.495 e. The van der Waals surface area contributed by atoms with Crippen molar-refractivity contribution in [2.75, 3.05) is 7.11 Å². The van der Waals surface area contributed by atoms with E-state index in [0.29, 0.717) is 5.88 Å². The molecule has 0 amide bonds. The second kappa shape index (κ2) is 3.26. The molecular formula is C9H9ClN2O. The maximum Gasteiger partial charge on any atom is 0.137 e. The monoisotopic (exact) mass is 196 g/mol. The summed E-state index contributed by atoms with van der Waals surface area (Å²) in [7, 11) is 1.64. The number of hydrogen-bond acceptors (Lipinski definition) is 2. The van der Waals surface area contributed by atoms with Crippen LogP contribution in [0, 0.1) is 0 Å². The SMILES string of the molecule is COc1ccc2nc(CCl)cn2c1. The molecule has 2 rings (SSSR count). The Balaban J connectivity index is 2.57. The first-order valence-corrected chi connectivity index (χ1v) is 4.44. The van der Waals surface area contributed by atoms with Gasteiger partial charge in [-0.3, -0.25) is 0 Å². The fourth-order valence-corrected chi connectivity index (χ4v) is 1.34. The Bertz CT molecular complexity index is 422. The molecule has 0 atom stereocenters. The first-order valence-electron chi connectivity index (χ1n) is 3.91. The predicted octanol–water partition coefficient (Wildman–Crippen LogP) is 2.08. The maximum atomic E-state index is 5.66. The van der Waals surface area contributed by atoms with Gasteiger partial charge in [0.1, 0.15) is 11.4 Å². The summed E-state index contributed by atoms with van der Waals surface area (Å²) in [5, 5.41) is 0. The van der Waals surface area contributed by atoms with Crippen LogP contribution in [0.15, 0.2) is 24.5 Å². The Morgan fingerprint density at radius 3 is 3.00 bits per heavy atom. The van der Waals surface area contributed by atoms with Crippen molar-refractivity contribution in [3.05, 3.63) is 30.2 Å². The van der Waals surface area contributed by atoms with Crippen LogP contribution in [0.2, 0.25) is 0 Å². The molecule has 2 aromatic rings. The Hall–Kier alpha value is -1.22.